The van der Waals surface area contributed by atoms with E-state index in [2.05, 4.69) is 15.4 Å². The molecule has 0 saturated heterocycles. The van der Waals surface area contributed by atoms with Gasteiger partial charge >= 0.3 is 0 Å². The van der Waals surface area contributed by atoms with E-state index in [1.807, 2.05) is 37.4 Å². The molecule has 1 amide bonds. The second-order valence-corrected chi connectivity index (χ2v) is 7.10. The van der Waals surface area contributed by atoms with Gasteiger partial charge in [-0.15, -0.1) is 5.10 Å². The molecule has 152 valence electrons. The molecule has 4 aromatic rings. The van der Waals surface area contributed by atoms with Crippen molar-refractivity contribution >= 4 is 17.4 Å². The van der Waals surface area contributed by atoms with Crippen LogP contribution in [0.3, 0.4) is 0 Å². The molecule has 0 unspecified atom stereocenters. The Hall–Kier alpha value is -3.74. The van der Waals surface area contributed by atoms with E-state index in [0.717, 1.165) is 28.0 Å². The summed E-state index contributed by atoms with van der Waals surface area (Å²) in [5.41, 5.74) is 4.16. The third-order valence-electron chi connectivity index (χ3n) is 4.77. The van der Waals surface area contributed by atoms with Crippen molar-refractivity contribution in [2.45, 2.75) is 19.8 Å². The molecule has 0 atom stereocenters. The number of aryl methyl sites for hydroxylation is 1. The zero-order chi connectivity index (χ0) is 21.1. The number of rotatable bonds is 6. The molecule has 0 aliphatic rings. The standard InChI is InChI=1S/C23H21FN4O2/c1-15-13-25-23-20(11-16-3-7-18(24)8-4-16)22(27-28(23)14-15)26-21(29)12-17-5-9-19(30-2)10-6-17/h3-10,13-14H,11-12H2,1-2H3,(H,26,27,29). The highest BCUT2D eigenvalue weighted by molar-refractivity contribution is 5.93. The number of amides is 1. The molecule has 0 radical (unpaired) electrons. The molecule has 7 heteroatoms. The number of hydrogen-bond donors (Lipinski definition) is 1. The topological polar surface area (TPSA) is 68.5 Å². The lowest BCUT2D eigenvalue weighted by Gasteiger charge is -2.07. The van der Waals surface area contributed by atoms with Gasteiger partial charge in [-0.3, -0.25) is 4.79 Å². The Labute approximate surface area is 173 Å². The first kappa shape index (κ1) is 19.6. The van der Waals surface area contributed by atoms with Gasteiger partial charge < -0.3 is 10.1 Å². The molecule has 0 fully saturated rings. The predicted molar refractivity (Wildman–Crippen MR) is 112 cm³/mol. The van der Waals surface area contributed by atoms with Gasteiger partial charge in [-0.2, -0.15) is 0 Å². The van der Waals surface area contributed by atoms with Crippen LogP contribution in [0.15, 0.2) is 60.9 Å². The van der Waals surface area contributed by atoms with Crippen molar-refractivity contribution in [2.75, 3.05) is 12.4 Å². The van der Waals surface area contributed by atoms with Gasteiger partial charge in [0, 0.05) is 24.4 Å². The minimum atomic E-state index is -0.291. The van der Waals surface area contributed by atoms with E-state index >= 15 is 0 Å². The molecule has 6 nitrogen and oxygen atoms in total. The zero-order valence-electron chi connectivity index (χ0n) is 16.7. The lowest BCUT2D eigenvalue weighted by molar-refractivity contribution is -0.115. The average molecular weight is 404 g/mol. The number of aromatic nitrogens is 3. The summed E-state index contributed by atoms with van der Waals surface area (Å²) in [6, 6.07) is 13.6. The van der Waals surface area contributed by atoms with Crippen LogP contribution in [0.25, 0.3) is 5.65 Å². The summed E-state index contributed by atoms with van der Waals surface area (Å²) in [4.78, 5) is 17.2. The Kier molecular flexibility index (Phi) is 5.43. The highest BCUT2D eigenvalue weighted by atomic mass is 19.1. The number of methoxy groups -OCH3 is 1. The minimum Gasteiger partial charge on any atom is -0.497 e. The van der Waals surface area contributed by atoms with Crippen LogP contribution < -0.4 is 10.1 Å². The van der Waals surface area contributed by atoms with Gasteiger partial charge in [0.25, 0.3) is 0 Å². The number of hydrogen-bond acceptors (Lipinski definition) is 4. The van der Waals surface area contributed by atoms with E-state index in [4.69, 9.17) is 4.74 Å². The van der Waals surface area contributed by atoms with Crippen LogP contribution in [0.4, 0.5) is 10.2 Å². The molecule has 1 N–H and O–H groups in total. The first-order valence-electron chi connectivity index (χ1n) is 9.53. The van der Waals surface area contributed by atoms with Crippen molar-refractivity contribution in [3.63, 3.8) is 0 Å². The zero-order valence-corrected chi connectivity index (χ0v) is 16.7. The number of benzene rings is 2. The maximum atomic E-state index is 13.3. The number of carbonyl (C=O) groups is 1. The first-order chi connectivity index (χ1) is 14.5. The van der Waals surface area contributed by atoms with Crippen LogP contribution >= 0.6 is 0 Å². The highest BCUT2D eigenvalue weighted by Gasteiger charge is 2.17. The van der Waals surface area contributed by atoms with Crippen molar-refractivity contribution in [1.29, 1.82) is 0 Å². The normalized spacial score (nSPS) is 10.9. The third-order valence-corrected chi connectivity index (χ3v) is 4.77. The van der Waals surface area contributed by atoms with E-state index < -0.39 is 0 Å². The second kappa shape index (κ2) is 8.32. The van der Waals surface area contributed by atoms with Gasteiger partial charge in [-0.1, -0.05) is 24.3 Å². The van der Waals surface area contributed by atoms with E-state index in [-0.39, 0.29) is 18.1 Å². The fraction of sp³-hybridized carbons (Fsp3) is 0.174. The van der Waals surface area contributed by atoms with Gasteiger partial charge in [-0.25, -0.2) is 13.9 Å². The van der Waals surface area contributed by atoms with E-state index in [0.29, 0.717) is 17.9 Å². The maximum absolute atomic E-state index is 13.3. The summed E-state index contributed by atoms with van der Waals surface area (Å²) in [5.74, 6) is 0.722. The van der Waals surface area contributed by atoms with Crippen LogP contribution in [-0.4, -0.2) is 27.6 Å². The fourth-order valence-electron chi connectivity index (χ4n) is 3.25. The summed E-state index contributed by atoms with van der Waals surface area (Å²) in [6.07, 6.45) is 4.29. The van der Waals surface area contributed by atoms with Crippen LogP contribution in [-0.2, 0) is 17.6 Å². The monoisotopic (exact) mass is 404 g/mol. The molecule has 0 saturated carbocycles. The Morgan fingerprint density at radius 3 is 2.50 bits per heavy atom. The van der Waals surface area contributed by atoms with Crippen LogP contribution in [0.1, 0.15) is 22.3 Å². The Morgan fingerprint density at radius 1 is 1.10 bits per heavy atom. The number of nitrogens with one attached hydrogen (secondary N) is 1. The molecular weight excluding hydrogens is 383 g/mol. The lowest BCUT2D eigenvalue weighted by Crippen LogP contribution is -2.16. The molecule has 2 heterocycles. The Balaban J connectivity index is 1.61. The van der Waals surface area contributed by atoms with Gasteiger partial charge in [-0.05, 0) is 47.9 Å². The third kappa shape index (κ3) is 4.30. The number of nitrogens with zero attached hydrogens (tertiary/aromatic N) is 3. The molecule has 2 aromatic heterocycles. The SMILES string of the molecule is COc1ccc(CC(=O)Nc2nn3cc(C)cnc3c2Cc2ccc(F)cc2)cc1. The minimum absolute atomic E-state index is 0.180. The molecule has 2 aromatic carbocycles. The molecule has 4 rings (SSSR count). The van der Waals surface area contributed by atoms with Crippen LogP contribution in [0, 0.1) is 12.7 Å². The van der Waals surface area contributed by atoms with Crippen LogP contribution in [0.2, 0.25) is 0 Å². The first-order valence-corrected chi connectivity index (χ1v) is 9.53. The van der Waals surface area contributed by atoms with Crippen LogP contribution in [0.5, 0.6) is 5.75 Å². The Morgan fingerprint density at radius 2 is 1.80 bits per heavy atom. The summed E-state index contributed by atoms with van der Waals surface area (Å²) < 4.78 is 20.1. The lowest BCUT2D eigenvalue weighted by atomic mass is 10.1. The van der Waals surface area contributed by atoms with E-state index in [1.165, 1.54) is 12.1 Å². The van der Waals surface area contributed by atoms with Gasteiger partial charge in [0.15, 0.2) is 11.5 Å². The van der Waals surface area contributed by atoms with Crippen molar-refractivity contribution in [3.8, 4) is 5.75 Å². The largest absolute Gasteiger partial charge is 0.497 e. The molecular formula is C23H21FN4O2. The number of anilines is 1. The maximum Gasteiger partial charge on any atom is 0.230 e. The smallest absolute Gasteiger partial charge is 0.230 e. The predicted octanol–water partition coefficient (Wildman–Crippen LogP) is 3.96. The number of ether oxygens (including phenoxy) is 1. The molecule has 0 aliphatic heterocycles. The average Bonchev–Trinajstić information content (AvgIpc) is 3.06. The molecule has 0 spiro atoms. The van der Waals surface area contributed by atoms with E-state index in [9.17, 15) is 9.18 Å². The Bertz CT molecular complexity index is 1180. The summed E-state index contributed by atoms with van der Waals surface area (Å²) in [5, 5.41) is 7.44. The summed E-state index contributed by atoms with van der Waals surface area (Å²) in [6.45, 7) is 1.93. The molecule has 30 heavy (non-hydrogen) atoms. The molecule has 0 aliphatic carbocycles. The number of fused-ring (bicyclic) bond motifs is 1. The highest BCUT2D eigenvalue weighted by Crippen LogP contribution is 2.23. The van der Waals surface area contributed by atoms with Crippen molar-refractivity contribution < 1.29 is 13.9 Å². The van der Waals surface area contributed by atoms with Gasteiger partial charge in [0.05, 0.1) is 13.5 Å². The quantitative estimate of drug-likeness (QED) is 0.528. The van der Waals surface area contributed by atoms with E-state index in [1.54, 1.807) is 30.0 Å². The molecule has 0 bridgehead atoms. The van der Waals surface area contributed by atoms with Gasteiger partial charge in [0.1, 0.15) is 11.6 Å². The van der Waals surface area contributed by atoms with Gasteiger partial charge in [0.2, 0.25) is 5.91 Å². The summed E-state index contributed by atoms with van der Waals surface area (Å²) in [7, 11) is 1.60. The van der Waals surface area contributed by atoms with Crippen molar-refractivity contribution in [2.24, 2.45) is 0 Å². The number of halogens is 1. The summed E-state index contributed by atoms with van der Waals surface area (Å²) >= 11 is 0. The number of carbonyl (C=O) groups excluding carboxylic acids is 1. The van der Waals surface area contributed by atoms with Crippen molar-refractivity contribution in [3.05, 3.63) is 89.0 Å². The second-order valence-electron chi connectivity index (χ2n) is 7.10. The fourth-order valence-corrected chi connectivity index (χ4v) is 3.25. The van der Waals surface area contributed by atoms with Crippen molar-refractivity contribution in [1.82, 2.24) is 14.6 Å².